The molecular formula is C23H27NO4. The number of allylic oxidation sites excluding steroid dienone is 11. The summed E-state index contributed by atoms with van der Waals surface area (Å²) in [4.78, 5) is 35.4. The summed E-state index contributed by atoms with van der Waals surface area (Å²) in [6.45, 7) is 12.8. The zero-order chi connectivity index (χ0) is 21.4. The fourth-order valence-corrected chi connectivity index (χ4v) is 1.86. The Morgan fingerprint density at radius 2 is 1.75 bits per heavy atom. The Kier molecular flexibility index (Phi) is 12.9. The van der Waals surface area contributed by atoms with Crippen molar-refractivity contribution in [3.05, 3.63) is 97.7 Å². The van der Waals surface area contributed by atoms with Gasteiger partial charge in [0.2, 0.25) is 0 Å². The van der Waals surface area contributed by atoms with E-state index in [2.05, 4.69) is 19.7 Å². The molecule has 0 saturated heterocycles. The number of aliphatic hydroxyl groups is 1. The molecule has 0 atom stereocenters. The molecule has 0 aromatic rings. The zero-order valence-electron chi connectivity index (χ0n) is 16.2. The molecule has 0 aromatic carbocycles. The number of rotatable bonds is 14. The predicted octanol–water partition coefficient (Wildman–Crippen LogP) is 4.31. The summed E-state index contributed by atoms with van der Waals surface area (Å²) >= 11 is 0. The lowest BCUT2D eigenvalue weighted by atomic mass is 10.1. The van der Waals surface area contributed by atoms with E-state index in [1.807, 2.05) is 6.08 Å². The van der Waals surface area contributed by atoms with Gasteiger partial charge in [-0.05, 0) is 37.1 Å². The van der Waals surface area contributed by atoms with Crippen molar-refractivity contribution in [1.82, 2.24) is 4.90 Å². The van der Waals surface area contributed by atoms with Crippen molar-refractivity contribution < 1.29 is 19.5 Å². The Morgan fingerprint density at radius 3 is 2.36 bits per heavy atom. The minimum absolute atomic E-state index is 0.0928. The average molecular weight is 381 g/mol. The van der Waals surface area contributed by atoms with Crippen LogP contribution in [0.15, 0.2) is 97.7 Å². The molecule has 0 radical (unpaired) electrons. The number of hydrogen-bond donors (Lipinski definition) is 1. The van der Waals surface area contributed by atoms with Gasteiger partial charge in [-0.1, -0.05) is 56.2 Å². The monoisotopic (exact) mass is 381 g/mol. The molecule has 0 aliphatic heterocycles. The van der Waals surface area contributed by atoms with E-state index < -0.39 is 11.5 Å². The second-order valence-electron chi connectivity index (χ2n) is 5.69. The smallest absolute Gasteiger partial charge is 0.196 e. The maximum Gasteiger partial charge on any atom is 0.196 e. The van der Waals surface area contributed by atoms with E-state index in [0.29, 0.717) is 30.5 Å². The molecule has 148 valence electrons. The van der Waals surface area contributed by atoms with Gasteiger partial charge in [0.25, 0.3) is 0 Å². The highest BCUT2D eigenvalue weighted by Crippen LogP contribution is 2.12. The molecular weight excluding hydrogens is 354 g/mol. The Hall–Kier alpha value is -3.47. The molecule has 0 rings (SSSR count). The van der Waals surface area contributed by atoms with Crippen molar-refractivity contribution in [3.63, 3.8) is 0 Å². The van der Waals surface area contributed by atoms with E-state index in [4.69, 9.17) is 5.11 Å². The van der Waals surface area contributed by atoms with Crippen molar-refractivity contribution in [2.45, 2.75) is 19.8 Å². The van der Waals surface area contributed by atoms with Gasteiger partial charge < -0.3 is 10.0 Å². The summed E-state index contributed by atoms with van der Waals surface area (Å²) in [7, 11) is 0. The fraction of sp³-hybridized carbons (Fsp3) is 0.174. The van der Waals surface area contributed by atoms with Crippen molar-refractivity contribution in [2.24, 2.45) is 0 Å². The molecule has 0 bridgehead atoms. The molecule has 0 unspecified atom stereocenters. The van der Waals surface area contributed by atoms with Crippen LogP contribution >= 0.6 is 0 Å². The Morgan fingerprint density at radius 1 is 1.04 bits per heavy atom. The lowest BCUT2D eigenvalue weighted by Gasteiger charge is -2.21. The summed E-state index contributed by atoms with van der Waals surface area (Å²) in [5.74, 6) is -1.02. The van der Waals surface area contributed by atoms with Gasteiger partial charge in [-0.3, -0.25) is 14.4 Å². The zero-order valence-corrected chi connectivity index (χ0v) is 16.2. The van der Waals surface area contributed by atoms with E-state index in [9.17, 15) is 14.4 Å². The molecule has 5 heteroatoms. The number of Topliss-reactive ketones (excluding diaryl/α,β-unsaturated/α-hetero) is 1. The van der Waals surface area contributed by atoms with Crippen molar-refractivity contribution in [2.75, 3.05) is 6.54 Å². The van der Waals surface area contributed by atoms with Crippen LogP contribution in [-0.2, 0) is 14.4 Å². The number of aldehydes is 1. The van der Waals surface area contributed by atoms with Crippen LogP contribution in [0.5, 0.6) is 0 Å². The molecule has 0 saturated carbocycles. The maximum atomic E-state index is 11.8. The number of ketones is 2. The van der Waals surface area contributed by atoms with Crippen LogP contribution in [-0.4, -0.2) is 34.4 Å². The van der Waals surface area contributed by atoms with Gasteiger partial charge in [0.15, 0.2) is 17.3 Å². The number of carbonyl (C=O) groups excluding carboxylic acids is 3. The van der Waals surface area contributed by atoms with Crippen molar-refractivity contribution in [1.29, 1.82) is 0 Å². The first-order chi connectivity index (χ1) is 13.3. The largest absolute Gasteiger partial charge is 0.505 e. The van der Waals surface area contributed by atoms with E-state index in [1.54, 1.807) is 48.4 Å². The molecule has 28 heavy (non-hydrogen) atoms. The van der Waals surface area contributed by atoms with Gasteiger partial charge >= 0.3 is 0 Å². The van der Waals surface area contributed by atoms with Crippen LogP contribution in [0.4, 0.5) is 0 Å². The van der Waals surface area contributed by atoms with E-state index in [0.717, 1.165) is 0 Å². The van der Waals surface area contributed by atoms with Gasteiger partial charge in [-0.15, -0.1) is 0 Å². The third-order valence-corrected chi connectivity index (χ3v) is 3.49. The third-order valence-electron chi connectivity index (χ3n) is 3.49. The van der Waals surface area contributed by atoms with Gasteiger partial charge in [0, 0.05) is 24.9 Å². The Bertz CT molecular complexity index is 749. The lowest BCUT2D eigenvalue weighted by Crippen LogP contribution is -2.17. The molecule has 0 heterocycles. The minimum Gasteiger partial charge on any atom is -0.505 e. The molecule has 5 nitrogen and oxygen atoms in total. The molecule has 0 aliphatic carbocycles. The summed E-state index contributed by atoms with van der Waals surface area (Å²) < 4.78 is 0. The topological polar surface area (TPSA) is 74.7 Å². The van der Waals surface area contributed by atoms with Crippen molar-refractivity contribution >= 4 is 17.9 Å². The molecule has 0 fully saturated rings. The fourth-order valence-electron chi connectivity index (χ4n) is 1.86. The van der Waals surface area contributed by atoms with Gasteiger partial charge in [-0.25, -0.2) is 0 Å². The standard InChI is InChI=1S/C23H27NO4/c1-5-6-13-22(27)19(2)12-8-10-17-24(16-9-7-11-18-25)20(3)14-15-23(28)21(4)26/h5-13,16,18,26H,1,3-4,14-15,17H2,2H3/b10-8-,11-7-,13-6-,16-9+,19-12+. The second-order valence-corrected chi connectivity index (χ2v) is 5.69. The van der Waals surface area contributed by atoms with Crippen LogP contribution in [0.2, 0.25) is 0 Å². The quantitative estimate of drug-likeness (QED) is 0.210. The van der Waals surface area contributed by atoms with Crippen LogP contribution in [0.25, 0.3) is 0 Å². The third kappa shape index (κ3) is 11.2. The van der Waals surface area contributed by atoms with Gasteiger partial charge in [0.1, 0.15) is 6.29 Å². The summed E-state index contributed by atoms with van der Waals surface area (Å²) in [5.41, 5.74) is 1.23. The Balaban J connectivity index is 5.04. The predicted molar refractivity (Wildman–Crippen MR) is 113 cm³/mol. The highest BCUT2D eigenvalue weighted by Gasteiger charge is 2.09. The number of aliphatic hydroxyl groups excluding tert-OH is 1. The van der Waals surface area contributed by atoms with E-state index in [1.165, 1.54) is 18.2 Å². The molecule has 0 aliphatic rings. The second kappa shape index (κ2) is 14.7. The average Bonchev–Trinajstić information content (AvgIpc) is 2.68. The first-order valence-electron chi connectivity index (χ1n) is 8.64. The van der Waals surface area contributed by atoms with E-state index in [-0.39, 0.29) is 12.2 Å². The first-order valence-corrected chi connectivity index (χ1v) is 8.64. The van der Waals surface area contributed by atoms with Crippen molar-refractivity contribution in [3.8, 4) is 0 Å². The summed E-state index contributed by atoms with van der Waals surface area (Å²) in [5, 5.41) is 9.10. The molecule has 0 spiro atoms. The lowest BCUT2D eigenvalue weighted by molar-refractivity contribution is -0.118. The van der Waals surface area contributed by atoms with Crippen LogP contribution in [0.1, 0.15) is 19.8 Å². The van der Waals surface area contributed by atoms with Crippen LogP contribution in [0, 0.1) is 0 Å². The minimum atomic E-state index is -0.473. The van der Waals surface area contributed by atoms with Gasteiger partial charge in [-0.2, -0.15) is 0 Å². The van der Waals surface area contributed by atoms with E-state index >= 15 is 0 Å². The highest BCUT2D eigenvalue weighted by molar-refractivity contribution is 6.03. The number of carbonyl (C=O) groups is 3. The maximum absolute atomic E-state index is 11.8. The normalized spacial score (nSPS) is 12.1. The SMILES string of the molecule is C=C/C=C\C(=O)/C(C)=C/C=C\CN(/C=C/C=C\C=O)C(=C)CCC(=O)C(=C)O. The highest BCUT2D eigenvalue weighted by atomic mass is 16.3. The number of nitrogens with zero attached hydrogens (tertiary/aromatic N) is 1. The van der Waals surface area contributed by atoms with Crippen LogP contribution < -0.4 is 0 Å². The molecule has 1 N–H and O–H groups in total. The summed E-state index contributed by atoms with van der Waals surface area (Å²) in [6, 6.07) is 0. The van der Waals surface area contributed by atoms with Crippen LogP contribution in [0.3, 0.4) is 0 Å². The first kappa shape index (κ1) is 24.5. The Labute approximate surface area is 166 Å². The summed E-state index contributed by atoms with van der Waals surface area (Å²) in [6.07, 6.45) is 17.3. The number of hydrogen-bond acceptors (Lipinski definition) is 5. The molecule has 0 amide bonds. The molecule has 0 aromatic heterocycles. The van der Waals surface area contributed by atoms with Gasteiger partial charge in [0.05, 0.1) is 0 Å².